The molecule has 0 radical (unpaired) electrons. The first kappa shape index (κ1) is 11.6. The molecule has 1 aromatic rings. The fourth-order valence-corrected chi connectivity index (χ4v) is 2.54. The van der Waals surface area contributed by atoms with Crippen molar-refractivity contribution in [1.29, 1.82) is 0 Å². The van der Waals surface area contributed by atoms with Gasteiger partial charge in [0.1, 0.15) is 5.67 Å². The van der Waals surface area contributed by atoms with Crippen LogP contribution in [-0.4, -0.2) is 6.54 Å². The number of halogens is 1. The van der Waals surface area contributed by atoms with Crippen molar-refractivity contribution in [2.24, 2.45) is 5.73 Å². The van der Waals surface area contributed by atoms with Crippen LogP contribution >= 0.6 is 0 Å². The second-order valence-electron chi connectivity index (χ2n) is 4.76. The van der Waals surface area contributed by atoms with Gasteiger partial charge in [0.25, 0.3) is 0 Å². The van der Waals surface area contributed by atoms with E-state index in [0.717, 1.165) is 24.8 Å². The molecule has 1 nitrogen and oxygen atoms in total. The smallest absolute Gasteiger partial charge is 0.136 e. The molecular weight excluding hydrogens is 201 g/mol. The Morgan fingerprint density at radius 2 is 1.69 bits per heavy atom. The van der Waals surface area contributed by atoms with E-state index in [2.05, 4.69) is 0 Å². The highest BCUT2D eigenvalue weighted by Gasteiger charge is 2.33. The molecule has 2 N–H and O–H groups in total. The third kappa shape index (κ3) is 2.43. The summed E-state index contributed by atoms with van der Waals surface area (Å²) in [6.07, 6.45) is 5.45. The zero-order valence-corrected chi connectivity index (χ0v) is 9.71. The third-order valence-corrected chi connectivity index (χ3v) is 3.55. The number of hydrogen-bond donors (Lipinski definition) is 1. The third-order valence-electron chi connectivity index (χ3n) is 3.55. The molecule has 1 saturated carbocycles. The summed E-state index contributed by atoms with van der Waals surface area (Å²) in [5.41, 5.74) is 6.48. The highest BCUT2D eigenvalue weighted by molar-refractivity contribution is 5.28. The summed E-state index contributed by atoms with van der Waals surface area (Å²) in [7, 11) is 0. The predicted octanol–water partition coefficient (Wildman–Crippen LogP) is 3.32. The maximum absolute atomic E-state index is 14.6. The van der Waals surface area contributed by atoms with E-state index < -0.39 is 5.67 Å². The minimum Gasteiger partial charge on any atom is -0.330 e. The van der Waals surface area contributed by atoms with Gasteiger partial charge in [0.05, 0.1) is 0 Å². The number of nitrogens with two attached hydrogens (primary N) is 1. The number of benzene rings is 1. The van der Waals surface area contributed by atoms with Crippen LogP contribution in [0.4, 0.5) is 4.39 Å². The van der Waals surface area contributed by atoms with E-state index in [4.69, 9.17) is 5.73 Å². The fraction of sp³-hybridized carbons (Fsp3) is 0.571. The first-order chi connectivity index (χ1) is 7.74. The van der Waals surface area contributed by atoms with Gasteiger partial charge in [-0.1, -0.05) is 30.7 Å². The molecule has 0 aliphatic heterocycles. The SMILES string of the molecule is NCCc1ccc(C2(F)CCCCC2)cc1. The van der Waals surface area contributed by atoms with E-state index in [-0.39, 0.29) is 0 Å². The number of hydrogen-bond acceptors (Lipinski definition) is 1. The van der Waals surface area contributed by atoms with Gasteiger partial charge in [-0.3, -0.25) is 0 Å². The van der Waals surface area contributed by atoms with Gasteiger partial charge < -0.3 is 5.73 Å². The molecule has 1 fully saturated rings. The summed E-state index contributed by atoms with van der Waals surface area (Å²) >= 11 is 0. The van der Waals surface area contributed by atoms with Crippen molar-refractivity contribution < 1.29 is 4.39 Å². The molecule has 0 heterocycles. The second kappa shape index (κ2) is 4.96. The zero-order valence-electron chi connectivity index (χ0n) is 9.71. The summed E-state index contributed by atoms with van der Waals surface area (Å²) in [5, 5.41) is 0. The molecule has 1 aliphatic carbocycles. The highest BCUT2D eigenvalue weighted by Crippen LogP contribution is 2.40. The molecule has 1 aromatic carbocycles. The van der Waals surface area contributed by atoms with Crippen LogP contribution in [-0.2, 0) is 12.1 Å². The normalized spacial score (nSPS) is 19.6. The number of alkyl halides is 1. The fourth-order valence-electron chi connectivity index (χ4n) is 2.54. The van der Waals surface area contributed by atoms with Gasteiger partial charge >= 0.3 is 0 Å². The molecule has 0 unspecified atom stereocenters. The first-order valence-electron chi connectivity index (χ1n) is 6.23. The largest absolute Gasteiger partial charge is 0.330 e. The van der Waals surface area contributed by atoms with Crippen molar-refractivity contribution in [3.05, 3.63) is 35.4 Å². The lowest BCUT2D eigenvalue weighted by molar-refractivity contribution is 0.106. The summed E-state index contributed by atoms with van der Waals surface area (Å²) in [6, 6.07) is 7.91. The Kier molecular flexibility index (Phi) is 3.59. The summed E-state index contributed by atoms with van der Waals surface area (Å²) in [5.74, 6) is 0. The van der Waals surface area contributed by atoms with Gasteiger partial charge in [0, 0.05) is 0 Å². The Morgan fingerprint density at radius 3 is 2.25 bits per heavy atom. The Morgan fingerprint density at radius 1 is 1.06 bits per heavy atom. The van der Waals surface area contributed by atoms with Gasteiger partial charge in [-0.2, -0.15) is 0 Å². The minimum absolute atomic E-state index is 0.653. The Labute approximate surface area is 96.9 Å². The zero-order chi connectivity index (χ0) is 11.4. The molecule has 0 aromatic heterocycles. The van der Waals surface area contributed by atoms with Gasteiger partial charge in [0.15, 0.2) is 0 Å². The summed E-state index contributed by atoms with van der Waals surface area (Å²) in [6.45, 7) is 0.653. The molecule has 0 amide bonds. The first-order valence-corrected chi connectivity index (χ1v) is 6.23. The molecule has 2 rings (SSSR count). The van der Waals surface area contributed by atoms with Crippen LogP contribution < -0.4 is 5.73 Å². The predicted molar refractivity (Wildman–Crippen MR) is 65.1 cm³/mol. The molecular formula is C14H20FN. The van der Waals surface area contributed by atoms with Crippen LogP contribution in [0.2, 0.25) is 0 Å². The van der Waals surface area contributed by atoms with E-state index in [1.54, 1.807) is 0 Å². The molecule has 0 bridgehead atoms. The van der Waals surface area contributed by atoms with Crippen LogP contribution in [0.3, 0.4) is 0 Å². The van der Waals surface area contributed by atoms with Crippen molar-refractivity contribution in [3.8, 4) is 0 Å². The maximum atomic E-state index is 14.6. The topological polar surface area (TPSA) is 26.0 Å². The van der Waals surface area contributed by atoms with E-state index in [9.17, 15) is 4.39 Å². The molecule has 2 heteroatoms. The molecule has 0 saturated heterocycles. The molecule has 1 aliphatic rings. The lowest BCUT2D eigenvalue weighted by atomic mass is 9.81. The molecule has 88 valence electrons. The van der Waals surface area contributed by atoms with Crippen LogP contribution in [0, 0.1) is 0 Å². The van der Waals surface area contributed by atoms with Crippen LogP contribution in [0.25, 0.3) is 0 Å². The standard InChI is InChI=1S/C14H20FN/c15-14(9-2-1-3-10-14)13-6-4-12(5-7-13)8-11-16/h4-7H,1-3,8-11,16H2. The van der Waals surface area contributed by atoms with Crippen LogP contribution in [0.5, 0.6) is 0 Å². The van der Waals surface area contributed by atoms with Crippen molar-refractivity contribution >= 4 is 0 Å². The Balaban J connectivity index is 2.13. The number of rotatable bonds is 3. The van der Waals surface area contributed by atoms with Crippen molar-refractivity contribution in [3.63, 3.8) is 0 Å². The Bertz CT molecular complexity index is 325. The summed E-state index contributed by atoms with van der Waals surface area (Å²) < 4.78 is 14.6. The maximum Gasteiger partial charge on any atom is 0.136 e. The van der Waals surface area contributed by atoms with Crippen LogP contribution in [0.1, 0.15) is 43.2 Å². The van der Waals surface area contributed by atoms with Gasteiger partial charge in [-0.15, -0.1) is 0 Å². The minimum atomic E-state index is -1.07. The summed E-state index contributed by atoms with van der Waals surface area (Å²) in [4.78, 5) is 0. The average Bonchev–Trinajstić information content (AvgIpc) is 2.31. The van der Waals surface area contributed by atoms with Gasteiger partial charge in [-0.05, 0) is 49.8 Å². The lowest BCUT2D eigenvalue weighted by Gasteiger charge is -2.30. The van der Waals surface area contributed by atoms with E-state index in [1.165, 1.54) is 12.0 Å². The highest BCUT2D eigenvalue weighted by atomic mass is 19.1. The quantitative estimate of drug-likeness (QED) is 0.832. The van der Waals surface area contributed by atoms with Crippen LogP contribution in [0.15, 0.2) is 24.3 Å². The van der Waals surface area contributed by atoms with E-state index in [0.29, 0.717) is 19.4 Å². The van der Waals surface area contributed by atoms with Gasteiger partial charge in [0.2, 0.25) is 0 Å². The average molecular weight is 221 g/mol. The Hall–Kier alpha value is -0.890. The molecule has 0 atom stereocenters. The van der Waals surface area contributed by atoms with Gasteiger partial charge in [-0.25, -0.2) is 4.39 Å². The molecule has 0 spiro atoms. The molecule has 16 heavy (non-hydrogen) atoms. The van der Waals surface area contributed by atoms with E-state index >= 15 is 0 Å². The lowest BCUT2D eigenvalue weighted by Crippen LogP contribution is -2.23. The monoisotopic (exact) mass is 221 g/mol. The van der Waals surface area contributed by atoms with Crippen molar-refractivity contribution in [1.82, 2.24) is 0 Å². The van der Waals surface area contributed by atoms with E-state index in [1.807, 2.05) is 24.3 Å². The van der Waals surface area contributed by atoms with Crippen molar-refractivity contribution in [2.75, 3.05) is 6.54 Å². The second-order valence-corrected chi connectivity index (χ2v) is 4.76. The van der Waals surface area contributed by atoms with Crippen molar-refractivity contribution in [2.45, 2.75) is 44.2 Å².